The third-order valence-corrected chi connectivity index (χ3v) is 6.63. The van der Waals surface area contributed by atoms with Gasteiger partial charge in [-0.15, -0.1) is 0 Å². The van der Waals surface area contributed by atoms with E-state index < -0.39 is 18.3 Å². The first-order chi connectivity index (χ1) is 16.2. The Morgan fingerprint density at radius 1 is 0.647 bits per heavy atom. The summed E-state index contributed by atoms with van der Waals surface area (Å²) < 4.78 is 27.1. The van der Waals surface area contributed by atoms with Crippen molar-refractivity contribution in [3.63, 3.8) is 0 Å². The molecule has 0 radical (unpaired) electrons. The molecule has 0 amide bonds. The third kappa shape index (κ3) is 4.15. The number of nitrogens with zero attached hydrogens (tertiary/aromatic N) is 2. The van der Waals surface area contributed by atoms with E-state index in [2.05, 4.69) is 0 Å². The number of aromatic nitrogens is 2. The molecule has 170 valence electrons. The lowest BCUT2D eigenvalue weighted by atomic mass is 9.78. The van der Waals surface area contributed by atoms with E-state index in [1.807, 2.05) is 94.4 Å². The van der Waals surface area contributed by atoms with Gasteiger partial charge in [-0.25, -0.2) is 14.4 Å². The second-order valence-electron chi connectivity index (χ2n) is 9.52. The average molecular weight is 452 g/mol. The van der Waals surface area contributed by atoms with Gasteiger partial charge in [-0.2, -0.15) is 0 Å². The summed E-state index contributed by atoms with van der Waals surface area (Å²) >= 11 is 0. The van der Waals surface area contributed by atoms with Crippen LogP contribution < -0.4 is 5.46 Å². The highest BCUT2D eigenvalue weighted by atomic mass is 19.1. The van der Waals surface area contributed by atoms with Crippen LogP contribution in [-0.4, -0.2) is 28.3 Å². The van der Waals surface area contributed by atoms with E-state index in [1.165, 1.54) is 6.07 Å². The highest BCUT2D eigenvalue weighted by Gasteiger charge is 2.52. The zero-order chi connectivity index (χ0) is 23.9. The maximum absolute atomic E-state index is 14.9. The monoisotopic (exact) mass is 452 g/mol. The van der Waals surface area contributed by atoms with Crippen LogP contribution in [0.15, 0.2) is 84.9 Å². The Balaban J connectivity index is 1.62. The highest BCUT2D eigenvalue weighted by molar-refractivity contribution is 6.62. The third-order valence-electron chi connectivity index (χ3n) is 6.63. The van der Waals surface area contributed by atoms with Crippen LogP contribution in [0.25, 0.3) is 33.9 Å². The first-order valence-electron chi connectivity index (χ1n) is 11.4. The van der Waals surface area contributed by atoms with Crippen molar-refractivity contribution in [3.05, 3.63) is 90.7 Å². The van der Waals surface area contributed by atoms with Crippen molar-refractivity contribution >= 4 is 12.6 Å². The Bertz CT molecular complexity index is 1250. The van der Waals surface area contributed by atoms with Crippen molar-refractivity contribution in [1.29, 1.82) is 0 Å². The van der Waals surface area contributed by atoms with Crippen LogP contribution in [0.2, 0.25) is 0 Å². The molecule has 0 aliphatic carbocycles. The topological polar surface area (TPSA) is 44.2 Å². The van der Waals surface area contributed by atoms with E-state index in [0.717, 1.165) is 22.5 Å². The second kappa shape index (κ2) is 8.46. The number of halogens is 1. The lowest BCUT2D eigenvalue weighted by molar-refractivity contribution is 0.00578. The molecule has 0 unspecified atom stereocenters. The minimum Gasteiger partial charge on any atom is -0.399 e. The van der Waals surface area contributed by atoms with E-state index in [-0.39, 0.29) is 5.82 Å². The Morgan fingerprint density at radius 2 is 1.15 bits per heavy atom. The Kier molecular flexibility index (Phi) is 5.58. The molecule has 1 saturated heterocycles. The lowest BCUT2D eigenvalue weighted by Crippen LogP contribution is -2.41. The molecule has 0 N–H and O–H groups in total. The van der Waals surface area contributed by atoms with Crippen molar-refractivity contribution in [1.82, 2.24) is 9.97 Å². The largest absolute Gasteiger partial charge is 0.497 e. The lowest BCUT2D eigenvalue weighted by Gasteiger charge is -2.32. The molecule has 0 saturated carbocycles. The van der Waals surface area contributed by atoms with E-state index in [1.54, 1.807) is 12.1 Å². The SMILES string of the molecule is CC1(C)OB(c2cc(-c3nc(-c4ccccc4)cc(-c4ccccc4)n3)ccc2F)OC1(C)C. The summed E-state index contributed by atoms with van der Waals surface area (Å²) in [5.41, 5.74) is 3.46. The number of hydrogen-bond acceptors (Lipinski definition) is 4. The molecular weight excluding hydrogens is 426 g/mol. The summed E-state index contributed by atoms with van der Waals surface area (Å²) in [5.74, 6) is 0.128. The van der Waals surface area contributed by atoms with Gasteiger partial charge in [0, 0.05) is 22.2 Å². The van der Waals surface area contributed by atoms with Gasteiger partial charge in [-0.05, 0) is 52.0 Å². The Morgan fingerprint density at radius 3 is 1.65 bits per heavy atom. The molecule has 1 aliphatic rings. The van der Waals surface area contributed by atoms with Crippen LogP contribution in [0.4, 0.5) is 4.39 Å². The molecule has 0 spiro atoms. The summed E-state index contributed by atoms with van der Waals surface area (Å²) in [7, 11) is -0.809. The maximum atomic E-state index is 14.9. The minimum atomic E-state index is -0.809. The number of hydrogen-bond donors (Lipinski definition) is 0. The van der Waals surface area contributed by atoms with Crippen molar-refractivity contribution in [2.24, 2.45) is 0 Å². The van der Waals surface area contributed by atoms with E-state index in [4.69, 9.17) is 19.3 Å². The van der Waals surface area contributed by atoms with Crippen molar-refractivity contribution in [2.45, 2.75) is 38.9 Å². The highest BCUT2D eigenvalue weighted by Crippen LogP contribution is 2.37. The average Bonchev–Trinajstić information content (AvgIpc) is 3.06. The quantitative estimate of drug-likeness (QED) is 0.361. The normalized spacial score (nSPS) is 16.6. The molecule has 4 nitrogen and oxygen atoms in total. The van der Waals surface area contributed by atoms with Gasteiger partial charge < -0.3 is 9.31 Å². The predicted octanol–water partition coefficient (Wildman–Crippen LogP) is 5.92. The summed E-state index contributed by atoms with van der Waals surface area (Å²) in [6, 6.07) is 26.8. The van der Waals surface area contributed by atoms with Gasteiger partial charge in [0.1, 0.15) is 5.82 Å². The molecule has 0 bridgehead atoms. The van der Waals surface area contributed by atoms with Crippen LogP contribution >= 0.6 is 0 Å². The number of benzene rings is 3. The summed E-state index contributed by atoms with van der Waals surface area (Å²) in [6.07, 6.45) is 0. The minimum absolute atomic E-state index is 0.339. The van der Waals surface area contributed by atoms with Crippen LogP contribution in [0, 0.1) is 5.82 Å². The molecule has 2 heterocycles. The van der Waals surface area contributed by atoms with Gasteiger partial charge in [0.25, 0.3) is 0 Å². The molecule has 0 atom stereocenters. The van der Waals surface area contributed by atoms with Crippen molar-refractivity contribution in [2.75, 3.05) is 0 Å². The molecule has 1 aliphatic heterocycles. The Hall–Kier alpha value is -3.35. The smallest absolute Gasteiger partial charge is 0.399 e. The standard InChI is InChI=1S/C28H26BFN2O2/c1-27(2)28(3,4)34-29(33-27)22-17-21(15-16-23(22)30)26-31-24(19-11-7-5-8-12-19)18-25(32-26)20-13-9-6-10-14-20/h5-18H,1-4H3. The first kappa shape index (κ1) is 22.4. The van der Waals surface area contributed by atoms with Gasteiger partial charge in [-0.1, -0.05) is 60.7 Å². The van der Waals surface area contributed by atoms with E-state index in [0.29, 0.717) is 16.9 Å². The van der Waals surface area contributed by atoms with Crippen LogP contribution in [-0.2, 0) is 9.31 Å². The van der Waals surface area contributed by atoms with E-state index in [9.17, 15) is 4.39 Å². The fourth-order valence-electron chi connectivity index (χ4n) is 3.92. The molecule has 5 rings (SSSR count). The van der Waals surface area contributed by atoms with Gasteiger partial charge in [0.2, 0.25) is 0 Å². The van der Waals surface area contributed by atoms with Crippen LogP contribution in [0.1, 0.15) is 27.7 Å². The maximum Gasteiger partial charge on any atom is 0.497 e. The zero-order valence-electron chi connectivity index (χ0n) is 19.7. The molecule has 4 aromatic rings. The molecule has 34 heavy (non-hydrogen) atoms. The van der Waals surface area contributed by atoms with Crippen molar-refractivity contribution in [3.8, 4) is 33.9 Å². The summed E-state index contributed by atoms with van der Waals surface area (Å²) in [6.45, 7) is 7.81. The summed E-state index contributed by atoms with van der Waals surface area (Å²) in [5, 5.41) is 0. The molecule has 3 aromatic carbocycles. The van der Waals surface area contributed by atoms with Crippen molar-refractivity contribution < 1.29 is 13.7 Å². The van der Waals surface area contributed by atoms with Crippen LogP contribution in [0.5, 0.6) is 0 Å². The zero-order valence-corrected chi connectivity index (χ0v) is 19.7. The molecule has 1 aromatic heterocycles. The van der Waals surface area contributed by atoms with Crippen LogP contribution in [0.3, 0.4) is 0 Å². The molecule has 1 fully saturated rings. The fourth-order valence-corrected chi connectivity index (χ4v) is 3.92. The predicted molar refractivity (Wildman–Crippen MR) is 134 cm³/mol. The molecule has 6 heteroatoms. The van der Waals surface area contributed by atoms with Gasteiger partial charge in [-0.3, -0.25) is 0 Å². The van der Waals surface area contributed by atoms with Gasteiger partial charge in [0.15, 0.2) is 5.82 Å². The van der Waals surface area contributed by atoms with E-state index >= 15 is 0 Å². The Labute approximate surface area is 200 Å². The van der Waals surface area contributed by atoms with Gasteiger partial charge in [0.05, 0.1) is 22.6 Å². The number of rotatable bonds is 4. The second-order valence-corrected chi connectivity index (χ2v) is 9.52. The molecular formula is C28H26BFN2O2. The summed E-state index contributed by atoms with van der Waals surface area (Å²) in [4.78, 5) is 9.68. The first-order valence-corrected chi connectivity index (χ1v) is 11.4. The fraction of sp³-hybridized carbons (Fsp3) is 0.214. The van der Waals surface area contributed by atoms with Gasteiger partial charge >= 0.3 is 7.12 Å².